The van der Waals surface area contributed by atoms with Crippen LogP contribution < -0.4 is 5.32 Å². The van der Waals surface area contributed by atoms with Crippen molar-refractivity contribution in [2.75, 3.05) is 6.54 Å². The van der Waals surface area contributed by atoms with Gasteiger partial charge in [-0.2, -0.15) is 0 Å². The van der Waals surface area contributed by atoms with Crippen LogP contribution in [0.2, 0.25) is 0 Å². The largest absolute Gasteiger partial charge is 0.311 e. The maximum absolute atomic E-state index is 4.23. The molecular weight excluding hydrogens is 236 g/mol. The van der Waals surface area contributed by atoms with Crippen molar-refractivity contribution in [1.82, 2.24) is 20.3 Å². The third-order valence-electron chi connectivity index (χ3n) is 4.10. The van der Waals surface area contributed by atoms with Gasteiger partial charge >= 0.3 is 0 Å². The minimum Gasteiger partial charge on any atom is -0.311 e. The highest BCUT2D eigenvalue weighted by Crippen LogP contribution is 2.27. The van der Waals surface area contributed by atoms with Gasteiger partial charge in [-0.1, -0.05) is 25.0 Å². The number of nitrogens with zero attached hydrogens (tertiary/aromatic N) is 3. The fourth-order valence-corrected chi connectivity index (χ4v) is 2.64. The smallest absolute Gasteiger partial charge is 0.0965 e. The number of nitrogens with one attached hydrogen (secondary N) is 1. The van der Waals surface area contributed by atoms with E-state index >= 15 is 0 Å². The van der Waals surface area contributed by atoms with Gasteiger partial charge in [0.15, 0.2) is 0 Å². The fourth-order valence-electron chi connectivity index (χ4n) is 2.64. The SMILES string of the molecule is CC1CCC(CNCc2cn(C(C)(C)C)nn2)CC1. The van der Waals surface area contributed by atoms with Crippen molar-refractivity contribution < 1.29 is 0 Å². The van der Waals surface area contributed by atoms with E-state index in [1.807, 2.05) is 4.68 Å². The van der Waals surface area contributed by atoms with E-state index in [0.717, 1.165) is 30.6 Å². The molecule has 0 atom stereocenters. The lowest BCUT2D eigenvalue weighted by molar-refractivity contribution is 0.281. The zero-order valence-electron chi connectivity index (χ0n) is 12.8. The first-order valence-electron chi connectivity index (χ1n) is 7.57. The summed E-state index contributed by atoms with van der Waals surface area (Å²) in [7, 11) is 0. The van der Waals surface area contributed by atoms with Crippen LogP contribution in [0.25, 0.3) is 0 Å². The molecular formula is C15H28N4. The summed E-state index contributed by atoms with van der Waals surface area (Å²) in [6, 6.07) is 0. The normalized spacial score (nSPS) is 24.6. The van der Waals surface area contributed by atoms with Crippen molar-refractivity contribution in [3.8, 4) is 0 Å². The zero-order chi connectivity index (χ0) is 13.9. The predicted molar refractivity (Wildman–Crippen MR) is 77.8 cm³/mol. The Morgan fingerprint density at radius 1 is 1.26 bits per heavy atom. The van der Waals surface area contributed by atoms with Crippen LogP contribution in [-0.4, -0.2) is 21.5 Å². The molecule has 1 fully saturated rings. The van der Waals surface area contributed by atoms with Crippen LogP contribution in [0.4, 0.5) is 0 Å². The second-order valence-electron chi connectivity index (χ2n) is 7.08. The Labute approximate surface area is 117 Å². The first-order chi connectivity index (χ1) is 8.95. The Morgan fingerprint density at radius 3 is 2.53 bits per heavy atom. The van der Waals surface area contributed by atoms with Crippen LogP contribution in [0.3, 0.4) is 0 Å². The lowest BCUT2D eigenvalue weighted by atomic mass is 9.83. The number of hydrogen-bond acceptors (Lipinski definition) is 3. The molecule has 0 spiro atoms. The third kappa shape index (κ3) is 4.30. The molecule has 0 amide bonds. The average molecular weight is 264 g/mol. The van der Waals surface area contributed by atoms with Gasteiger partial charge in [0.1, 0.15) is 0 Å². The monoisotopic (exact) mass is 264 g/mol. The lowest BCUT2D eigenvalue weighted by Crippen LogP contribution is -2.26. The number of rotatable bonds is 4. The zero-order valence-corrected chi connectivity index (χ0v) is 12.8. The van der Waals surface area contributed by atoms with Gasteiger partial charge in [0.05, 0.1) is 17.4 Å². The lowest BCUT2D eigenvalue weighted by Gasteiger charge is -2.26. The van der Waals surface area contributed by atoms with Crippen LogP contribution in [0, 0.1) is 11.8 Å². The van der Waals surface area contributed by atoms with E-state index in [0.29, 0.717) is 0 Å². The van der Waals surface area contributed by atoms with Crippen molar-refractivity contribution in [3.63, 3.8) is 0 Å². The van der Waals surface area contributed by atoms with Crippen LogP contribution in [-0.2, 0) is 12.1 Å². The van der Waals surface area contributed by atoms with Crippen molar-refractivity contribution in [3.05, 3.63) is 11.9 Å². The number of hydrogen-bond donors (Lipinski definition) is 1. The molecule has 0 saturated heterocycles. The maximum atomic E-state index is 4.23. The highest BCUT2D eigenvalue weighted by molar-refractivity contribution is 4.94. The van der Waals surface area contributed by atoms with E-state index in [2.05, 4.69) is 49.5 Å². The van der Waals surface area contributed by atoms with Crippen molar-refractivity contribution in [2.45, 2.75) is 65.5 Å². The molecule has 1 aromatic rings. The molecule has 1 saturated carbocycles. The summed E-state index contributed by atoms with van der Waals surface area (Å²) >= 11 is 0. The summed E-state index contributed by atoms with van der Waals surface area (Å²) < 4.78 is 1.94. The molecule has 0 aliphatic heterocycles. The fraction of sp³-hybridized carbons (Fsp3) is 0.867. The Balaban J connectivity index is 1.72. The Bertz CT molecular complexity index is 383. The Hall–Kier alpha value is -0.900. The summed E-state index contributed by atoms with van der Waals surface area (Å²) in [4.78, 5) is 0. The average Bonchev–Trinajstić information content (AvgIpc) is 2.80. The van der Waals surface area contributed by atoms with Gasteiger partial charge < -0.3 is 5.32 Å². The molecule has 1 aliphatic rings. The molecule has 108 valence electrons. The van der Waals surface area contributed by atoms with Crippen molar-refractivity contribution in [1.29, 1.82) is 0 Å². The molecule has 1 aliphatic carbocycles. The van der Waals surface area contributed by atoms with E-state index in [4.69, 9.17) is 0 Å². The molecule has 1 N–H and O–H groups in total. The third-order valence-corrected chi connectivity index (χ3v) is 4.10. The highest BCUT2D eigenvalue weighted by atomic mass is 15.4. The molecule has 19 heavy (non-hydrogen) atoms. The van der Waals surface area contributed by atoms with Gasteiger partial charge in [0.2, 0.25) is 0 Å². The molecule has 0 bridgehead atoms. The first kappa shape index (κ1) is 14.5. The first-order valence-corrected chi connectivity index (χ1v) is 7.57. The van der Waals surface area contributed by atoms with E-state index in [-0.39, 0.29) is 5.54 Å². The minimum atomic E-state index is 0.0186. The Morgan fingerprint density at radius 2 is 1.95 bits per heavy atom. The van der Waals surface area contributed by atoms with Gasteiger partial charge in [0, 0.05) is 6.54 Å². The molecule has 1 aromatic heterocycles. The minimum absolute atomic E-state index is 0.0186. The topological polar surface area (TPSA) is 42.7 Å². The summed E-state index contributed by atoms with van der Waals surface area (Å²) in [5.74, 6) is 1.79. The molecule has 1 heterocycles. The standard InChI is InChI=1S/C15H28N4/c1-12-5-7-13(8-6-12)9-16-10-14-11-19(18-17-14)15(2,3)4/h11-13,16H,5-10H2,1-4H3. The maximum Gasteiger partial charge on any atom is 0.0965 e. The van der Waals surface area contributed by atoms with Gasteiger partial charge in [-0.25, -0.2) is 4.68 Å². The molecule has 4 nitrogen and oxygen atoms in total. The van der Waals surface area contributed by atoms with Gasteiger partial charge in [-0.15, -0.1) is 5.10 Å². The van der Waals surface area contributed by atoms with E-state index in [1.54, 1.807) is 0 Å². The molecule has 0 aromatic carbocycles. The summed E-state index contributed by atoms with van der Waals surface area (Å²) in [6.07, 6.45) is 7.60. The van der Waals surface area contributed by atoms with Gasteiger partial charge in [-0.3, -0.25) is 0 Å². The molecule has 0 radical (unpaired) electrons. The summed E-state index contributed by atoms with van der Waals surface area (Å²) in [6.45, 7) is 10.7. The van der Waals surface area contributed by atoms with Crippen LogP contribution in [0.5, 0.6) is 0 Å². The highest BCUT2D eigenvalue weighted by Gasteiger charge is 2.18. The van der Waals surface area contributed by atoms with Crippen LogP contribution >= 0.6 is 0 Å². The summed E-state index contributed by atoms with van der Waals surface area (Å²) in [5, 5.41) is 12.0. The number of aromatic nitrogens is 3. The van der Waals surface area contributed by atoms with Crippen molar-refractivity contribution >= 4 is 0 Å². The predicted octanol–water partition coefficient (Wildman–Crippen LogP) is 2.95. The van der Waals surface area contributed by atoms with Crippen molar-refractivity contribution in [2.24, 2.45) is 11.8 Å². The Kier molecular flexibility index (Phi) is 4.61. The van der Waals surface area contributed by atoms with E-state index in [1.165, 1.54) is 25.7 Å². The molecule has 0 unspecified atom stereocenters. The quantitative estimate of drug-likeness (QED) is 0.909. The molecule has 2 rings (SSSR count). The molecule has 4 heteroatoms. The van der Waals surface area contributed by atoms with Crippen LogP contribution in [0.15, 0.2) is 6.20 Å². The second kappa shape index (κ2) is 6.04. The van der Waals surface area contributed by atoms with Crippen LogP contribution in [0.1, 0.15) is 59.1 Å². The summed E-state index contributed by atoms with van der Waals surface area (Å²) in [5.41, 5.74) is 1.06. The van der Waals surface area contributed by atoms with Gasteiger partial charge in [0.25, 0.3) is 0 Å². The second-order valence-corrected chi connectivity index (χ2v) is 7.08. The van der Waals surface area contributed by atoms with E-state index < -0.39 is 0 Å². The van der Waals surface area contributed by atoms with Gasteiger partial charge in [-0.05, 0) is 52.0 Å². The van der Waals surface area contributed by atoms with E-state index in [9.17, 15) is 0 Å².